The predicted octanol–water partition coefficient (Wildman–Crippen LogP) is 1.80. The molecule has 1 aromatic heterocycles. The molecule has 1 aromatic carbocycles. The number of hydrogen-bond acceptors (Lipinski definition) is 5. The molecule has 0 bridgehead atoms. The largest absolute Gasteiger partial charge is 0.497 e. The molecule has 7 heteroatoms. The first kappa shape index (κ1) is 17.0. The molecule has 0 saturated carbocycles. The molecule has 132 valence electrons. The number of hydrogen-bond donors (Lipinski definition) is 0. The molecule has 2 heterocycles. The summed E-state index contributed by atoms with van der Waals surface area (Å²) in [4.78, 5) is 28.3. The van der Waals surface area contributed by atoms with Gasteiger partial charge in [0.25, 0.3) is 0 Å². The van der Waals surface area contributed by atoms with E-state index in [1.54, 1.807) is 29.9 Å². The van der Waals surface area contributed by atoms with Gasteiger partial charge in [-0.15, -0.1) is 0 Å². The van der Waals surface area contributed by atoms with E-state index in [-0.39, 0.29) is 30.8 Å². The summed E-state index contributed by atoms with van der Waals surface area (Å²) in [5.74, 6) is 1.01. The van der Waals surface area contributed by atoms with Crippen molar-refractivity contribution in [3.8, 4) is 5.75 Å². The lowest BCUT2D eigenvalue weighted by Gasteiger charge is -2.39. The maximum Gasteiger partial charge on any atom is 0.246 e. The Bertz CT molecular complexity index is 769. The third-order valence-corrected chi connectivity index (χ3v) is 4.29. The Balaban J connectivity index is 1.68. The van der Waals surface area contributed by atoms with Gasteiger partial charge in [-0.05, 0) is 38.1 Å². The van der Waals surface area contributed by atoms with E-state index in [2.05, 4.69) is 5.16 Å². The number of benzene rings is 1. The Labute approximate surface area is 146 Å². The molecule has 25 heavy (non-hydrogen) atoms. The number of methoxy groups -OCH3 is 1. The number of ether oxygens (including phenoxy) is 1. The van der Waals surface area contributed by atoms with E-state index in [1.165, 1.54) is 0 Å². The van der Waals surface area contributed by atoms with Gasteiger partial charge in [-0.1, -0.05) is 5.16 Å². The number of aromatic nitrogens is 1. The SMILES string of the molecule is COc1ccc(N2C[C@H](C)N(C(=O)Cc3cc(C)no3)CC2=O)cc1. The van der Waals surface area contributed by atoms with Crippen molar-refractivity contribution in [3.05, 3.63) is 41.8 Å². The summed E-state index contributed by atoms with van der Waals surface area (Å²) >= 11 is 0. The topological polar surface area (TPSA) is 75.9 Å². The summed E-state index contributed by atoms with van der Waals surface area (Å²) in [6, 6.07) is 8.97. The smallest absolute Gasteiger partial charge is 0.246 e. The fourth-order valence-electron chi connectivity index (χ4n) is 2.95. The predicted molar refractivity (Wildman–Crippen MR) is 91.5 cm³/mol. The fourth-order valence-corrected chi connectivity index (χ4v) is 2.95. The highest BCUT2D eigenvalue weighted by Gasteiger charge is 2.33. The molecule has 1 fully saturated rings. The van der Waals surface area contributed by atoms with Gasteiger partial charge < -0.3 is 19.1 Å². The van der Waals surface area contributed by atoms with Gasteiger partial charge >= 0.3 is 0 Å². The summed E-state index contributed by atoms with van der Waals surface area (Å²) in [7, 11) is 1.60. The lowest BCUT2D eigenvalue weighted by molar-refractivity contribution is -0.139. The average molecular weight is 343 g/mol. The summed E-state index contributed by atoms with van der Waals surface area (Å²) in [5, 5.41) is 3.78. The maximum atomic E-state index is 12.5. The Morgan fingerprint density at radius 1 is 1.36 bits per heavy atom. The van der Waals surface area contributed by atoms with Gasteiger partial charge in [0.15, 0.2) is 0 Å². The highest BCUT2D eigenvalue weighted by molar-refractivity contribution is 5.98. The summed E-state index contributed by atoms with van der Waals surface area (Å²) in [6.45, 7) is 4.25. The average Bonchev–Trinajstić information content (AvgIpc) is 3.01. The van der Waals surface area contributed by atoms with Crippen molar-refractivity contribution in [2.75, 3.05) is 25.1 Å². The summed E-state index contributed by atoms with van der Waals surface area (Å²) in [6.07, 6.45) is 0.112. The molecule has 3 rings (SSSR count). The van der Waals surface area contributed by atoms with E-state index >= 15 is 0 Å². The molecular formula is C18H21N3O4. The van der Waals surface area contributed by atoms with Crippen LogP contribution in [0.5, 0.6) is 5.75 Å². The minimum Gasteiger partial charge on any atom is -0.497 e. The van der Waals surface area contributed by atoms with Gasteiger partial charge in [0.05, 0.1) is 19.2 Å². The monoisotopic (exact) mass is 343 g/mol. The van der Waals surface area contributed by atoms with E-state index in [1.807, 2.05) is 31.2 Å². The third kappa shape index (κ3) is 3.65. The number of amides is 2. The second-order valence-corrected chi connectivity index (χ2v) is 6.18. The highest BCUT2D eigenvalue weighted by Crippen LogP contribution is 2.23. The van der Waals surface area contributed by atoms with E-state index in [0.717, 1.165) is 17.1 Å². The normalized spacial score (nSPS) is 17.7. The molecule has 2 aromatic rings. The van der Waals surface area contributed by atoms with Crippen molar-refractivity contribution in [2.24, 2.45) is 0 Å². The number of anilines is 1. The van der Waals surface area contributed by atoms with Crippen molar-refractivity contribution < 1.29 is 18.8 Å². The Hall–Kier alpha value is -2.83. The third-order valence-electron chi connectivity index (χ3n) is 4.29. The zero-order chi connectivity index (χ0) is 18.0. The van der Waals surface area contributed by atoms with Crippen LogP contribution >= 0.6 is 0 Å². The van der Waals surface area contributed by atoms with Crippen molar-refractivity contribution in [2.45, 2.75) is 26.3 Å². The number of rotatable bonds is 4. The molecule has 0 N–H and O–H groups in total. The van der Waals surface area contributed by atoms with Gasteiger partial charge in [-0.2, -0.15) is 0 Å². The molecule has 0 aliphatic carbocycles. The van der Waals surface area contributed by atoms with Crippen LogP contribution in [0.1, 0.15) is 18.4 Å². The first-order valence-corrected chi connectivity index (χ1v) is 8.14. The number of carbonyl (C=O) groups excluding carboxylic acids is 2. The number of piperazine rings is 1. The molecule has 1 saturated heterocycles. The molecule has 1 aliphatic heterocycles. The van der Waals surface area contributed by atoms with Crippen LogP contribution < -0.4 is 9.64 Å². The zero-order valence-corrected chi connectivity index (χ0v) is 14.6. The van der Waals surface area contributed by atoms with Crippen LogP contribution in [0.25, 0.3) is 0 Å². The van der Waals surface area contributed by atoms with Crippen LogP contribution in [0.15, 0.2) is 34.9 Å². The second-order valence-electron chi connectivity index (χ2n) is 6.18. The van der Waals surface area contributed by atoms with Crippen LogP contribution in [0.3, 0.4) is 0 Å². The maximum absolute atomic E-state index is 12.5. The second kappa shape index (κ2) is 6.96. The minimum absolute atomic E-state index is 0.0547. The first-order chi connectivity index (χ1) is 12.0. The lowest BCUT2D eigenvalue weighted by atomic mass is 10.1. The summed E-state index contributed by atoms with van der Waals surface area (Å²) in [5.41, 5.74) is 1.53. The van der Waals surface area contributed by atoms with E-state index in [9.17, 15) is 9.59 Å². The molecular weight excluding hydrogens is 322 g/mol. The van der Waals surface area contributed by atoms with Crippen LogP contribution in [0, 0.1) is 6.92 Å². The lowest BCUT2D eigenvalue weighted by Crippen LogP contribution is -2.57. The Morgan fingerprint density at radius 3 is 2.68 bits per heavy atom. The van der Waals surface area contributed by atoms with Gasteiger partial charge in [0, 0.05) is 24.3 Å². The fraction of sp³-hybridized carbons (Fsp3) is 0.389. The van der Waals surface area contributed by atoms with E-state index in [0.29, 0.717) is 12.3 Å². The van der Waals surface area contributed by atoms with Crippen LogP contribution in [-0.2, 0) is 16.0 Å². The van der Waals surface area contributed by atoms with Crippen molar-refractivity contribution in [3.63, 3.8) is 0 Å². The van der Waals surface area contributed by atoms with Crippen LogP contribution in [-0.4, -0.2) is 48.1 Å². The standard InChI is InChI=1S/C18H21N3O4/c1-12-8-16(25-19-12)9-17(22)20-11-18(23)21(10-13(20)2)14-4-6-15(24-3)7-5-14/h4-8,13H,9-11H2,1-3H3/t13-/m0/s1. The molecule has 0 unspecified atom stereocenters. The Morgan fingerprint density at radius 2 is 2.08 bits per heavy atom. The quantitative estimate of drug-likeness (QED) is 0.846. The number of nitrogens with zero attached hydrogens (tertiary/aromatic N) is 3. The van der Waals surface area contributed by atoms with Crippen molar-refractivity contribution in [1.82, 2.24) is 10.1 Å². The van der Waals surface area contributed by atoms with Gasteiger partial charge in [-0.3, -0.25) is 9.59 Å². The number of carbonyl (C=O) groups is 2. The molecule has 0 radical (unpaired) electrons. The molecule has 1 aliphatic rings. The molecule has 1 atom stereocenters. The van der Waals surface area contributed by atoms with E-state index in [4.69, 9.17) is 9.26 Å². The summed E-state index contributed by atoms with van der Waals surface area (Å²) < 4.78 is 10.2. The molecule has 7 nitrogen and oxygen atoms in total. The van der Waals surface area contributed by atoms with E-state index < -0.39 is 0 Å². The highest BCUT2D eigenvalue weighted by atomic mass is 16.5. The first-order valence-electron chi connectivity index (χ1n) is 8.14. The van der Waals surface area contributed by atoms with Gasteiger partial charge in [0.2, 0.25) is 11.8 Å². The zero-order valence-electron chi connectivity index (χ0n) is 14.6. The number of aryl methyl sites for hydroxylation is 1. The van der Waals surface area contributed by atoms with Crippen LogP contribution in [0.2, 0.25) is 0 Å². The molecule has 0 spiro atoms. The van der Waals surface area contributed by atoms with Gasteiger partial charge in [0.1, 0.15) is 18.1 Å². The minimum atomic E-state index is -0.133. The molecule has 2 amide bonds. The van der Waals surface area contributed by atoms with Crippen molar-refractivity contribution in [1.29, 1.82) is 0 Å². The van der Waals surface area contributed by atoms with Crippen molar-refractivity contribution >= 4 is 17.5 Å². The van der Waals surface area contributed by atoms with Crippen LogP contribution in [0.4, 0.5) is 5.69 Å². The van der Waals surface area contributed by atoms with Gasteiger partial charge in [-0.25, -0.2) is 0 Å². The Kier molecular flexibility index (Phi) is 4.74.